The van der Waals surface area contributed by atoms with Crippen LogP contribution in [0.1, 0.15) is 25.0 Å². The van der Waals surface area contributed by atoms with Gasteiger partial charge in [-0.2, -0.15) is 5.10 Å². The number of ether oxygens (including phenoxy) is 1. The third-order valence-electron chi connectivity index (χ3n) is 3.41. The van der Waals surface area contributed by atoms with Crippen LogP contribution in [-0.2, 0) is 4.79 Å². The fourth-order valence-electron chi connectivity index (χ4n) is 1.97. The molecule has 1 N–H and O–H groups in total. The van der Waals surface area contributed by atoms with Crippen LogP contribution in [0.4, 0.5) is 4.39 Å². The first-order valence-corrected chi connectivity index (χ1v) is 7.77. The molecule has 0 radical (unpaired) electrons. The Kier molecular flexibility index (Phi) is 5.93. The van der Waals surface area contributed by atoms with Crippen LogP contribution in [-0.4, -0.2) is 17.7 Å². The van der Waals surface area contributed by atoms with Crippen molar-refractivity contribution in [1.82, 2.24) is 5.43 Å². The molecule has 4 nitrogen and oxygen atoms in total. The Bertz CT molecular complexity index is 760. The smallest absolute Gasteiger partial charge is 0.280 e. The van der Waals surface area contributed by atoms with Crippen LogP contribution in [0.25, 0.3) is 0 Å². The second-order valence-corrected chi connectivity index (χ2v) is 5.79. The van der Waals surface area contributed by atoms with E-state index in [9.17, 15) is 9.18 Å². The van der Waals surface area contributed by atoms with Gasteiger partial charge in [-0.05, 0) is 62.2 Å². The zero-order chi connectivity index (χ0) is 17.7. The molecular formula is C18H18ClFN2O2. The minimum atomic E-state index is -0.727. The average Bonchev–Trinajstić information content (AvgIpc) is 2.55. The molecule has 0 spiro atoms. The number of benzene rings is 2. The van der Waals surface area contributed by atoms with Gasteiger partial charge in [-0.25, -0.2) is 9.82 Å². The summed E-state index contributed by atoms with van der Waals surface area (Å²) in [5, 5.41) is 4.62. The van der Waals surface area contributed by atoms with Crippen molar-refractivity contribution in [3.63, 3.8) is 0 Å². The normalized spacial score (nSPS) is 12.6. The van der Waals surface area contributed by atoms with Crippen molar-refractivity contribution in [3.8, 4) is 5.75 Å². The summed E-state index contributed by atoms with van der Waals surface area (Å²) in [5.41, 5.74) is 4.58. The summed E-state index contributed by atoms with van der Waals surface area (Å²) in [5.74, 6) is -0.122. The molecule has 0 aliphatic rings. The van der Waals surface area contributed by atoms with Gasteiger partial charge in [0.15, 0.2) is 6.10 Å². The molecule has 0 saturated carbocycles. The fraction of sp³-hybridized carbons (Fsp3) is 0.222. The molecule has 1 atom stereocenters. The van der Waals surface area contributed by atoms with Crippen molar-refractivity contribution in [2.75, 3.05) is 0 Å². The van der Waals surface area contributed by atoms with E-state index in [1.165, 1.54) is 12.1 Å². The highest BCUT2D eigenvalue weighted by Crippen LogP contribution is 2.22. The second-order valence-electron chi connectivity index (χ2n) is 5.35. The van der Waals surface area contributed by atoms with Crippen LogP contribution in [0, 0.1) is 12.7 Å². The summed E-state index contributed by atoms with van der Waals surface area (Å²) in [6.07, 6.45) is -0.727. The highest BCUT2D eigenvalue weighted by atomic mass is 35.5. The predicted molar refractivity (Wildman–Crippen MR) is 93.0 cm³/mol. The number of halogens is 2. The number of carbonyl (C=O) groups is 1. The second kappa shape index (κ2) is 7.93. The maximum Gasteiger partial charge on any atom is 0.280 e. The summed E-state index contributed by atoms with van der Waals surface area (Å²) in [4.78, 5) is 12.1. The van der Waals surface area contributed by atoms with Crippen LogP contribution in [0.2, 0.25) is 5.02 Å². The molecule has 24 heavy (non-hydrogen) atoms. The van der Waals surface area contributed by atoms with E-state index in [4.69, 9.17) is 16.3 Å². The first-order chi connectivity index (χ1) is 11.4. The Labute approximate surface area is 145 Å². The van der Waals surface area contributed by atoms with Crippen molar-refractivity contribution in [3.05, 3.63) is 64.4 Å². The zero-order valence-corrected chi connectivity index (χ0v) is 14.4. The number of nitrogens with zero attached hydrogens (tertiary/aromatic N) is 1. The van der Waals surface area contributed by atoms with Gasteiger partial charge in [-0.3, -0.25) is 4.79 Å². The van der Waals surface area contributed by atoms with Gasteiger partial charge in [0.2, 0.25) is 0 Å². The van der Waals surface area contributed by atoms with Crippen molar-refractivity contribution in [2.24, 2.45) is 5.10 Å². The highest BCUT2D eigenvalue weighted by Gasteiger charge is 2.15. The molecule has 0 saturated heterocycles. The predicted octanol–water partition coefficient (Wildman–Crippen LogP) is 4.10. The topological polar surface area (TPSA) is 50.7 Å². The molecule has 2 aromatic rings. The monoisotopic (exact) mass is 348 g/mol. The Hall–Kier alpha value is -2.40. The van der Waals surface area contributed by atoms with Gasteiger partial charge < -0.3 is 4.74 Å². The summed E-state index contributed by atoms with van der Waals surface area (Å²) in [6.45, 7) is 5.21. The van der Waals surface area contributed by atoms with Gasteiger partial charge in [0, 0.05) is 5.02 Å². The lowest BCUT2D eigenvalue weighted by atomic mass is 10.1. The first-order valence-electron chi connectivity index (χ1n) is 7.39. The number of amides is 1. The van der Waals surface area contributed by atoms with Gasteiger partial charge in [-0.15, -0.1) is 0 Å². The Balaban J connectivity index is 1.98. The number of aryl methyl sites for hydroxylation is 1. The van der Waals surface area contributed by atoms with Crippen molar-refractivity contribution >= 4 is 23.2 Å². The Morgan fingerprint density at radius 3 is 2.54 bits per heavy atom. The van der Waals surface area contributed by atoms with E-state index in [2.05, 4.69) is 10.5 Å². The number of hydrogen-bond acceptors (Lipinski definition) is 3. The maximum absolute atomic E-state index is 12.9. The lowest BCUT2D eigenvalue weighted by Gasteiger charge is -2.15. The summed E-state index contributed by atoms with van der Waals surface area (Å²) in [7, 11) is 0. The SMILES string of the molecule is CC(=NNC(=O)C(C)Oc1ccc(Cl)cc1C)c1ccc(F)cc1. The molecule has 0 aliphatic carbocycles. The van der Waals surface area contributed by atoms with Crippen LogP contribution in [0.5, 0.6) is 5.75 Å². The minimum Gasteiger partial charge on any atom is -0.481 e. The van der Waals surface area contributed by atoms with E-state index in [0.29, 0.717) is 16.5 Å². The molecule has 1 unspecified atom stereocenters. The summed E-state index contributed by atoms with van der Waals surface area (Å²) < 4.78 is 18.5. The largest absolute Gasteiger partial charge is 0.481 e. The number of hydrazone groups is 1. The zero-order valence-electron chi connectivity index (χ0n) is 13.6. The number of hydrogen-bond donors (Lipinski definition) is 1. The number of rotatable bonds is 5. The van der Waals surface area contributed by atoms with Crippen LogP contribution in [0.3, 0.4) is 0 Å². The molecule has 2 aromatic carbocycles. The lowest BCUT2D eigenvalue weighted by Crippen LogP contribution is -2.34. The van der Waals surface area contributed by atoms with E-state index in [0.717, 1.165) is 11.1 Å². The lowest BCUT2D eigenvalue weighted by molar-refractivity contribution is -0.127. The van der Waals surface area contributed by atoms with E-state index in [1.807, 2.05) is 6.92 Å². The molecule has 0 aliphatic heterocycles. The summed E-state index contributed by atoms with van der Waals surface area (Å²) >= 11 is 5.89. The first kappa shape index (κ1) is 17.9. The maximum atomic E-state index is 12.9. The van der Waals surface area contributed by atoms with Gasteiger partial charge in [0.1, 0.15) is 11.6 Å². The van der Waals surface area contributed by atoms with E-state index in [1.54, 1.807) is 44.2 Å². The average molecular weight is 349 g/mol. The van der Waals surface area contributed by atoms with Gasteiger partial charge in [0.25, 0.3) is 5.91 Å². The minimum absolute atomic E-state index is 0.323. The molecule has 0 fully saturated rings. The molecule has 0 bridgehead atoms. The van der Waals surface area contributed by atoms with Crippen LogP contribution in [0.15, 0.2) is 47.6 Å². The Morgan fingerprint density at radius 2 is 1.92 bits per heavy atom. The van der Waals surface area contributed by atoms with Gasteiger partial charge in [0.05, 0.1) is 5.71 Å². The fourth-order valence-corrected chi connectivity index (χ4v) is 2.20. The van der Waals surface area contributed by atoms with Crippen LogP contribution < -0.4 is 10.2 Å². The van der Waals surface area contributed by atoms with E-state index in [-0.39, 0.29) is 11.7 Å². The highest BCUT2D eigenvalue weighted by molar-refractivity contribution is 6.30. The molecule has 0 heterocycles. The standard InChI is InChI=1S/C18H18ClFN2O2/c1-11-10-15(19)6-9-17(11)24-13(3)18(23)22-21-12(2)14-4-7-16(20)8-5-14/h4-10,13H,1-3H3,(H,22,23). The van der Waals surface area contributed by atoms with Crippen molar-refractivity contribution in [2.45, 2.75) is 26.9 Å². The van der Waals surface area contributed by atoms with Gasteiger partial charge in [-0.1, -0.05) is 23.7 Å². The molecule has 2 rings (SSSR count). The third-order valence-corrected chi connectivity index (χ3v) is 3.64. The molecule has 1 amide bonds. The molecule has 6 heteroatoms. The summed E-state index contributed by atoms with van der Waals surface area (Å²) in [6, 6.07) is 11.0. The van der Waals surface area contributed by atoms with Crippen molar-refractivity contribution in [1.29, 1.82) is 0 Å². The third kappa shape index (κ3) is 4.80. The van der Waals surface area contributed by atoms with Gasteiger partial charge >= 0.3 is 0 Å². The van der Waals surface area contributed by atoms with Crippen molar-refractivity contribution < 1.29 is 13.9 Å². The molecule has 126 valence electrons. The van der Waals surface area contributed by atoms with E-state index >= 15 is 0 Å². The Morgan fingerprint density at radius 1 is 1.25 bits per heavy atom. The number of nitrogens with one attached hydrogen (secondary N) is 1. The quantitative estimate of drug-likeness (QED) is 0.653. The molecular weight excluding hydrogens is 331 g/mol. The molecule has 0 aromatic heterocycles. The van der Waals surface area contributed by atoms with Crippen LogP contribution >= 0.6 is 11.6 Å². The number of carbonyl (C=O) groups excluding carboxylic acids is 1. The van der Waals surface area contributed by atoms with E-state index < -0.39 is 6.10 Å².